The van der Waals surface area contributed by atoms with Crippen molar-refractivity contribution >= 4 is 5.91 Å². The molecule has 1 heterocycles. The van der Waals surface area contributed by atoms with Crippen LogP contribution < -0.4 is 5.32 Å². The van der Waals surface area contributed by atoms with Gasteiger partial charge in [-0.1, -0.05) is 66.7 Å². The minimum Gasteiger partial charge on any atom is -0.348 e. The van der Waals surface area contributed by atoms with Crippen LogP contribution in [0.25, 0.3) is 11.1 Å². The molecule has 0 atom stereocenters. The van der Waals surface area contributed by atoms with Gasteiger partial charge < -0.3 is 5.32 Å². The third-order valence-corrected chi connectivity index (χ3v) is 5.04. The van der Waals surface area contributed by atoms with Gasteiger partial charge in [-0.15, -0.1) is 0 Å². The first-order chi connectivity index (χ1) is 14.2. The Morgan fingerprint density at radius 1 is 0.931 bits per heavy atom. The van der Waals surface area contributed by atoms with E-state index >= 15 is 0 Å². The van der Waals surface area contributed by atoms with Crippen molar-refractivity contribution in [3.63, 3.8) is 0 Å². The largest absolute Gasteiger partial charge is 0.348 e. The lowest BCUT2D eigenvalue weighted by Crippen LogP contribution is -2.23. The van der Waals surface area contributed by atoms with Crippen LogP contribution in [0.1, 0.15) is 27.0 Å². The van der Waals surface area contributed by atoms with Crippen molar-refractivity contribution in [3.05, 3.63) is 114 Å². The predicted octanol–water partition coefficient (Wildman–Crippen LogP) is 4.84. The lowest BCUT2D eigenvalue weighted by atomic mass is 9.98. The minimum atomic E-state index is -0.0653. The van der Waals surface area contributed by atoms with Crippen LogP contribution in [-0.4, -0.2) is 15.7 Å². The zero-order valence-corrected chi connectivity index (χ0v) is 16.4. The van der Waals surface area contributed by atoms with Crippen LogP contribution in [-0.2, 0) is 13.1 Å². The lowest BCUT2D eigenvalue weighted by Gasteiger charge is -2.12. The smallest absolute Gasteiger partial charge is 0.252 e. The molecule has 0 bridgehead atoms. The monoisotopic (exact) mass is 381 g/mol. The summed E-state index contributed by atoms with van der Waals surface area (Å²) in [4.78, 5) is 12.9. The first-order valence-corrected chi connectivity index (χ1v) is 9.69. The van der Waals surface area contributed by atoms with E-state index in [4.69, 9.17) is 0 Å². The highest BCUT2D eigenvalue weighted by molar-refractivity contribution is 6.00. The average Bonchev–Trinajstić information content (AvgIpc) is 3.27. The summed E-state index contributed by atoms with van der Waals surface area (Å²) in [6, 6.07) is 26.0. The number of hydrogen-bond donors (Lipinski definition) is 1. The number of aromatic nitrogens is 2. The molecule has 0 fully saturated rings. The van der Waals surface area contributed by atoms with Gasteiger partial charge in [0.1, 0.15) is 0 Å². The first kappa shape index (κ1) is 18.7. The molecule has 0 spiro atoms. The summed E-state index contributed by atoms with van der Waals surface area (Å²) in [7, 11) is 0. The minimum absolute atomic E-state index is 0.0653. The summed E-state index contributed by atoms with van der Waals surface area (Å²) < 4.78 is 1.89. The molecule has 4 heteroatoms. The summed E-state index contributed by atoms with van der Waals surface area (Å²) in [6.45, 7) is 3.30. The summed E-state index contributed by atoms with van der Waals surface area (Å²) in [5, 5.41) is 7.30. The first-order valence-electron chi connectivity index (χ1n) is 9.69. The quantitative estimate of drug-likeness (QED) is 0.520. The molecule has 0 unspecified atom stereocenters. The summed E-state index contributed by atoms with van der Waals surface area (Å²) in [5.74, 6) is -0.0653. The Morgan fingerprint density at radius 2 is 1.69 bits per heavy atom. The van der Waals surface area contributed by atoms with Crippen LogP contribution >= 0.6 is 0 Å². The number of nitrogens with zero attached hydrogens (tertiary/aromatic N) is 2. The van der Waals surface area contributed by atoms with E-state index in [1.165, 1.54) is 11.1 Å². The molecule has 0 aliphatic rings. The number of benzene rings is 3. The number of amides is 1. The van der Waals surface area contributed by atoms with E-state index in [0.717, 1.165) is 23.2 Å². The standard InChI is InChI=1S/C25H23N3O/c1-19-7-2-3-8-22(19)17-26-25(29)24-10-5-4-9-23(24)21-13-11-20(12-14-21)18-28-16-6-15-27-28/h2-16H,17-18H2,1H3,(H,26,29). The molecule has 29 heavy (non-hydrogen) atoms. The number of carbonyl (C=O) groups is 1. The number of nitrogens with one attached hydrogen (secondary N) is 1. The van der Waals surface area contributed by atoms with Gasteiger partial charge in [-0.05, 0) is 46.9 Å². The predicted molar refractivity (Wildman–Crippen MR) is 116 cm³/mol. The maximum absolute atomic E-state index is 12.9. The second-order valence-corrected chi connectivity index (χ2v) is 7.06. The van der Waals surface area contributed by atoms with E-state index in [0.29, 0.717) is 12.1 Å². The summed E-state index contributed by atoms with van der Waals surface area (Å²) >= 11 is 0. The van der Waals surface area contributed by atoms with Crippen molar-refractivity contribution in [2.45, 2.75) is 20.0 Å². The van der Waals surface area contributed by atoms with Gasteiger partial charge in [0.25, 0.3) is 5.91 Å². The van der Waals surface area contributed by atoms with Crippen LogP contribution in [0.15, 0.2) is 91.3 Å². The summed E-state index contributed by atoms with van der Waals surface area (Å²) in [5.41, 5.74) is 6.10. The van der Waals surface area contributed by atoms with E-state index in [1.807, 2.05) is 59.4 Å². The molecule has 0 saturated heterocycles. The lowest BCUT2D eigenvalue weighted by molar-refractivity contribution is 0.0951. The Kier molecular flexibility index (Phi) is 5.52. The normalized spacial score (nSPS) is 10.7. The fourth-order valence-electron chi connectivity index (χ4n) is 3.38. The third-order valence-electron chi connectivity index (χ3n) is 5.04. The van der Waals surface area contributed by atoms with E-state index in [9.17, 15) is 4.79 Å². The molecule has 0 saturated carbocycles. The Labute approximate surface area is 170 Å². The molecule has 0 radical (unpaired) electrons. The van der Waals surface area contributed by atoms with E-state index < -0.39 is 0 Å². The van der Waals surface area contributed by atoms with Crippen molar-refractivity contribution in [1.29, 1.82) is 0 Å². The SMILES string of the molecule is Cc1ccccc1CNC(=O)c1ccccc1-c1ccc(Cn2cccn2)cc1. The average molecular weight is 381 g/mol. The molecular weight excluding hydrogens is 358 g/mol. The zero-order chi connectivity index (χ0) is 20.1. The Morgan fingerprint density at radius 3 is 2.45 bits per heavy atom. The van der Waals surface area contributed by atoms with Crippen molar-refractivity contribution in [1.82, 2.24) is 15.1 Å². The molecule has 1 N–H and O–H groups in total. The van der Waals surface area contributed by atoms with Crippen molar-refractivity contribution in [2.75, 3.05) is 0 Å². The van der Waals surface area contributed by atoms with Crippen LogP contribution in [0.3, 0.4) is 0 Å². The molecule has 4 aromatic rings. The molecule has 3 aromatic carbocycles. The highest BCUT2D eigenvalue weighted by Gasteiger charge is 2.12. The van der Waals surface area contributed by atoms with Crippen LogP contribution in [0.5, 0.6) is 0 Å². The van der Waals surface area contributed by atoms with E-state index in [-0.39, 0.29) is 5.91 Å². The maximum atomic E-state index is 12.9. The topological polar surface area (TPSA) is 46.9 Å². The Hall–Kier alpha value is -3.66. The molecule has 4 nitrogen and oxygen atoms in total. The Balaban J connectivity index is 1.51. The third kappa shape index (κ3) is 4.43. The number of aryl methyl sites for hydroxylation is 1. The molecule has 0 aliphatic heterocycles. The summed E-state index contributed by atoms with van der Waals surface area (Å²) in [6.07, 6.45) is 3.72. The van der Waals surface area contributed by atoms with Crippen molar-refractivity contribution < 1.29 is 4.79 Å². The van der Waals surface area contributed by atoms with Gasteiger partial charge in [0.15, 0.2) is 0 Å². The number of carbonyl (C=O) groups excluding carboxylic acids is 1. The van der Waals surface area contributed by atoms with Gasteiger partial charge in [0, 0.05) is 24.5 Å². The van der Waals surface area contributed by atoms with Gasteiger partial charge in [0.05, 0.1) is 6.54 Å². The van der Waals surface area contributed by atoms with Crippen LogP contribution in [0.2, 0.25) is 0 Å². The molecule has 144 valence electrons. The highest BCUT2D eigenvalue weighted by atomic mass is 16.1. The molecular formula is C25H23N3O. The molecule has 1 aromatic heterocycles. The van der Waals surface area contributed by atoms with Gasteiger partial charge in [-0.25, -0.2) is 0 Å². The number of hydrogen-bond acceptors (Lipinski definition) is 2. The van der Waals surface area contributed by atoms with Crippen molar-refractivity contribution in [2.24, 2.45) is 0 Å². The van der Waals surface area contributed by atoms with Gasteiger partial charge in [0.2, 0.25) is 0 Å². The van der Waals surface area contributed by atoms with Gasteiger partial charge >= 0.3 is 0 Å². The van der Waals surface area contributed by atoms with E-state index in [1.54, 1.807) is 6.20 Å². The van der Waals surface area contributed by atoms with Crippen LogP contribution in [0.4, 0.5) is 0 Å². The highest BCUT2D eigenvalue weighted by Crippen LogP contribution is 2.24. The van der Waals surface area contributed by atoms with E-state index in [2.05, 4.69) is 47.7 Å². The fourth-order valence-corrected chi connectivity index (χ4v) is 3.38. The maximum Gasteiger partial charge on any atom is 0.252 e. The fraction of sp³-hybridized carbons (Fsp3) is 0.120. The number of rotatable bonds is 6. The van der Waals surface area contributed by atoms with Crippen molar-refractivity contribution in [3.8, 4) is 11.1 Å². The zero-order valence-electron chi connectivity index (χ0n) is 16.4. The van der Waals surface area contributed by atoms with Gasteiger partial charge in [-0.2, -0.15) is 5.10 Å². The second kappa shape index (κ2) is 8.57. The molecule has 1 amide bonds. The molecule has 4 rings (SSSR count). The van der Waals surface area contributed by atoms with Gasteiger partial charge in [-0.3, -0.25) is 9.48 Å². The second-order valence-electron chi connectivity index (χ2n) is 7.06. The molecule has 0 aliphatic carbocycles. The Bertz CT molecular complexity index is 1100. The van der Waals surface area contributed by atoms with Crippen LogP contribution in [0, 0.1) is 6.92 Å².